The third-order valence-electron chi connectivity index (χ3n) is 2.74. The van der Waals surface area contributed by atoms with Crippen molar-refractivity contribution in [1.82, 2.24) is 10.3 Å². The maximum absolute atomic E-state index is 11.7. The van der Waals surface area contributed by atoms with Crippen molar-refractivity contribution in [3.05, 3.63) is 11.1 Å². The highest BCUT2D eigenvalue weighted by molar-refractivity contribution is 7.13. The summed E-state index contributed by atoms with van der Waals surface area (Å²) in [6.45, 7) is 10.8. The van der Waals surface area contributed by atoms with Crippen molar-refractivity contribution < 1.29 is 4.79 Å². The normalized spacial score (nSPS) is 13.4. The average molecular weight is 269 g/mol. The van der Waals surface area contributed by atoms with Gasteiger partial charge in [0.05, 0.1) is 12.2 Å². The van der Waals surface area contributed by atoms with E-state index in [-0.39, 0.29) is 11.3 Å². The van der Waals surface area contributed by atoms with Crippen LogP contribution >= 0.6 is 11.3 Å². The fraction of sp³-hybridized carbons (Fsp3) is 0.692. The molecule has 1 aromatic rings. The zero-order valence-electron chi connectivity index (χ0n) is 11.8. The lowest BCUT2D eigenvalue weighted by Gasteiger charge is -2.14. The van der Waals surface area contributed by atoms with Crippen molar-refractivity contribution in [1.29, 1.82) is 0 Å². The third-order valence-corrected chi connectivity index (χ3v) is 3.50. The molecule has 102 valence electrons. The van der Waals surface area contributed by atoms with Gasteiger partial charge in [0.25, 0.3) is 0 Å². The fourth-order valence-electron chi connectivity index (χ4n) is 1.25. The van der Waals surface area contributed by atoms with Crippen molar-refractivity contribution in [3.8, 4) is 0 Å². The van der Waals surface area contributed by atoms with Crippen molar-refractivity contribution in [2.75, 3.05) is 11.9 Å². The summed E-state index contributed by atoms with van der Waals surface area (Å²) in [7, 11) is 0. The van der Waals surface area contributed by atoms with Gasteiger partial charge in [-0.15, -0.1) is 11.3 Å². The van der Waals surface area contributed by atoms with E-state index in [0.717, 1.165) is 12.1 Å². The summed E-state index contributed by atoms with van der Waals surface area (Å²) in [4.78, 5) is 16.1. The van der Waals surface area contributed by atoms with Crippen molar-refractivity contribution >= 4 is 22.4 Å². The number of carbonyl (C=O) groups excluding carboxylic acids is 1. The first-order chi connectivity index (χ1) is 8.32. The van der Waals surface area contributed by atoms with Gasteiger partial charge in [0.15, 0.2) is 5.13 Å². The summed E-state index contributed by atoms with van der Waals surface area (Å²) in [5, 5.41) is 8.65. The van der Waals surface area contributed by atoms with E-state index in [9.17, 15) is 4.79 Å². The van der Waals surface area contributed by atoms with E-state index in [1.165, 1.54) is 11.3 Å². The van der Waals surface area contributed by atoms with E-state index in [1.807, 2.05) is 5.38 Å². The number of amides is 1. The molecule has 5 heteroatoms. The summed E-state index contributed by atoms with van der Waals surface area (Å²) >= 11 is 1.47. The van der Waals surface area contributed by atoms with Crippen LogP contribution in [-0.4, -0.2) is 23.5 Å². The van der Waals surface area contributed by atoms with Crippen molar-refractivity contribution in [2.45, 2.75) is 52.5 Å². The monoisotopic (exact) mass is 269 g/mol. The molecule has 0 saturated carbocycles. The van der Waals surface area contributed by atoms with Gasteiger partial charge in [-0.05, 0) is 13.3 Å². The smallest absolute Gasteiger partial charge is 0.240 e. The standard InChI is InChI=1S/C13H23N3OS/c1-6-9(2)14-7-11(17)16-12-15-10(8-18-12)13(3,4)5/h8-9,14H,6-7H2,1-5H3,(H,15,16,17). The summed E-state index contributed by atoms with van der Waals surface area (Å²) in [6, 6.07) is 0.359. The van der Waals surface area contributed by atoms with Gasteiger partial charge in [-0.25, -0.2) is 4.98 Å². The summed E-state index contributed by atoms with van der Waals surface area (Å²) in [6.07, 6.45) is 1.01. The number of carbonyl (C=O) groups is 1. The maximum atomic E-state index is 11.7. The van der Waals surface area contributed by atoms with E-state index < -0.39 is 0 Å². The zero-order chi connectivity index (χ0) is 13.8. The van der Waals surface area contributed by atoms with Crippen LogP contribution in [0.25, 0.3) is 0 Å². The first kappa shape index (κ1) is 15.1. The van der Waals surface area contributed by atoms with Gasteiger partial charge >= 0.3 is 0 Å². The Balaban J connectivity index is 2.48. The topological polar surface area (TPSA) is 54.0 Å². The number of nitrogens with zero attached hydrogens (tertiary/aromatic N) is 1. The lowest BCUT2D eigenvalue weighted by Crippen LogP contribution is -2.33. The predicted octanol–water partition coefficient (Wildman–Crippen LogP) is 2.77. The Labute approximate surface area is 113 Å². The molecule has 0 fully saturated rings. The first-order valence-corrected chi connectivity index (χ1v) is 7.20. The molecule has 0 spiro atoms. The second kappa shape index (κ2) is 6.29. The number of hydrogen-bond acceptors (Lipinski definition) is 4. The Morgan fingerprint density at radius 2 is 2.17 bits per heavy atom. The molecule has 0 aliphatic rings. The molecular formula is C13H23N3OS. The molecule has 0 aliphatic carbocycles. The van der Waals surface area contributed by atoms with Crippen LogP contribution in [0.1, 0.15) is 46.7 Å². The van der Waals surface area contributed by atoms with Crippen molar-refractivity contribution in [3.63, 3.8) is 0 Å². The van der Waals surface area contributed by atoms with Crippen LogP contribution in [0.15, 0.2) is 5.38 Å². The molecule has 0 bridgehead atoms. The zero-order valence-corrected chi connectivity index (χ0v) is 12.6. The minimum absolute atomic E-state index is 0.0223. The summed E-state index contributed by atoms with van der Waals surface area (Å²) < 4.78 is 0. The SMILES string of the molecule is CCC(C)NCC(=O)Nc1nc(C(C)(C)C)cs1. The average Bonchev–Trinajstić information content (AvgIpc) is 2.74. The summed E-state index contributed by atoms with van der Waals surface area (Å²) in [5.74, 6) is -0.0369. The number of hydrogen-bond donors (Lipinski definition) is 2. The molecule has 18 heavy (non-hydrogen) atoms. The molecule has 1 aromatic heterocycles. The van der Waals surface area contributed by atoms with Crippen LogP contribution < -0.4 is 10.6 Å². The number of aromatic nitrogens is 1. The van der Waals surface area contributed by atoms with E-state index in [2.05, 4.69) is 50.2 Å². The van der Waals surface area contributed by atoms with E-state index in [0.29, 0.717) is 17.7 Å². The highest BCUT2D eigenvalue weighted by Crippen LogP contribution is 2.26. The molecule has 2 N–H and O–H groups in total. The van der Waals surface area contributed by atoms with Crippen molar-refractivity contribution in [2.24, 2.45) is 0 Å². The van der Waals surface area contributed by atoms with Gasteiger partial charge in [-0.3, -0.25) is 4.79 Å². The van der Waals surface area contributed by atoms with Gasteiger partial charge in [0, 0.05) is 16.8 Å². The Morgan fingerprint density at radius 3 is 2.67 bits per heavy atom. The lowest BCUT2D eigenvalue weighted by atomic mass is 9.93. The van der Waals surface area contributed by atoms with E-state index in [4.69, 9.17) is 0 Å². The van der Waals surface area contributed by atoms with Gasteiger partial charge in [-0.2, -0.15) is 0 Å². The molecular weight excluding hydrogens is 246 g/mol. The Morgan fingerprint density at radius 1 is 1.50 bits per heavy atom. The van der Waals surface area contributed by atoms with Crippen LogP contribution in [0.5, 0.6) is 0 Å². The number of thiazole rings is 1. The minimum atomic E-state index is -0.0369. The second-order valence-corrected chi connectivity index (χ2v) is 6.38. The molecule has 0 aliphatic heterocycles. The number of rotatable bonds is 5. The second-order valence-electron chi connectivity index (χ2n) is 5.53. The number of nitrogens with one attached hydrogen (secondary N) is 2. The fourth-order valence-corrected chi connectivity index (χ4v) is 2.20. The van der Waals surface area contributed by atoms with Crippen LogP contribution in [0, 0.1) is 0 Å². The lowest BCUT2D eigenvalue weighted by molar-refractivity contribution is -0.115. The van der Waals surface area contributed by atoms with Gasteiger partial charge in [0.2, 0.25) is 5.91 Å². The van der Waals surface area contributed by atoms with Crippen LogP contribution in [0.4, 0.5) is 5.13 Å². The van der Waals surface area contributed by atoms with Gasteiger partial charge in [0.1, 0.15) is 0 Å². The predicted molar refractivity (Wildman–Crippen MR) is 77.2 cm³/mol. The molecule has 4 nitrogen and oxygen atoms in total. The number of anilines is 1. The maximum Gasteiger partial charge on any atom is 0.240 e. The molecule has 1 unspecified atom stereocenters. The molecule has 0 radical (unpaired) electrons. The molecule has 1 atom stereocenters. The Bertz CT molecular complexity index is 395. The largest absolute Gasteiger partial charge is 0.306 e. The molecule has 1 heterocycles. The Kier molecular flexibility index (Phi) is 5.28. The minimum Gasteiger partial charge on any atom is -0.306 e. The van der Waals surface area contributed by atoms with E-state index >= 15 is 0 Å². The van der Waals surface area contributed by atoms with Crippen LogP contribution in [-0.2, 0) is 10.2 Å². The highest BCUT2D eigenvalue weighted by Gasteiger charge is 2.18. The molecule has 0 aromatic carbocycles. The summed E-state index contributed by atoms with van der Waals surface area (Å²) in [5.41, 5.74) is 1.03. The molecule has 1 amide bonds. The first-order valence-electron chi connectivity index (χ1n) is 6.32. The highest BCUT2D eigenvalue weighted by atomic mass is 32.1. The molecule has 1 rings (SSSR count). The van der Waals surface area contributed by atoms with Crippen LogP contribution in [0.2, 0.25) is 0 Å². The Hall–Kier alpha value is -0.940. The third kappa shape index (κ3) is 4.74. The molecule has 0 saturated heterocycles. The van der Waals surface area contributed by atoms with E-state index in [1.54, 1.807) is 0 Å². The van der Waals surface area contributed by atoms with Gasteiger partial charge in [-0.1, -0.05) is 27.7 Å². The quantitative estimate of drug-likeness (QED) is 0.864. The van der Waals surface area contributed by atoms with Gasteiger partial charge < -0.3 is 10.6 Å². The van der Waals surface area contributed by atoms with Crippen LogP contribution in [0.3, 0.4) is 0 Å².